The van der Waals surface area contributed by atoms with Gasteiger partial charge >= 0.3 is 0 Å². The van der Waals surface area contributed by atoms with Crippen LogP contribution in [0, 0.1) is 0 Å². The zero-order chi connectivity index (χ0) is 9.80. The van der Waals surface area contributed by atoms with Crippen molar-refractivity contribution in [2.75, 3.05) is 0 Å². The molecule has 3 nitrogen and oxygen atoms in total. The third kappa shape index (κ3) is 1.76. The van der Waals surface area contributed by atoms with Gasteiger partial charge < -0.3 is 0 Å². The van der Waals surface area contributed by atoms with Crippen molar-refractivity contribution in [2.45, 2.75) is 13.0 Å². The summed E-state index contributed by atoms with van der Waals surface area (Å²) < 4.78 is 0. The molecule has 0 saturated carbocycles. The summed E-state index contributed by atoms with van der Waals surface area (Å²) in [5.41, 5.74) is 2.33. The lowest BCUT2D eigenvalue weighted by Crippen LogP contribution is -1.92. The first kappa shape index (κ1) is 8.81. The van der Waals surface area contributed by atoms with Gasteiger partial charge in [-0.2, -0.15) is 5.11 Å². The maximum Gasteiger partial charge on any atom is 0.135 e. The van der Waals surface area contributed by atoms with Crippen LogP contribution < -0.4 is 0 Å². The minimum atomic E-state index is 0.00894. The minimum absolute atomic E-state index is 0.00894. The predicted molar refractivity (Wildman–Crippen MR) is 57.2 cm³/mol. The molecule has 0 spiro atoms. The Bertz CT molecular complexity index is 375. The number of allylic oxidation sites excluding steroid dienone is 1. The van der Waals surface area contributed by atoms with Crippen molar-refractivity contribution in [1.29, 1.82) is 0 Å². The number of rotatable bonds is 2. The summed E-state index contributed by atoms with van der Waals surface area (Å²) >= 11 is 0. The Kier molecular flexibility index (Phi) is 2.49. The maximum absolute atomic E-state index is 3.97. The Morgan fingerprint density at radius 1 is 1.21 bits per heavy atom. The van der Waals surface area contributed by atoms with E-state index < -0.39 is 0 Å². The van der Waals surface area contributed by atoms with Gasteiger partial charge in [-0.25, -0.2) is 0 Å². The third-order valence-corrected chi connectivity index (χ3v) is 2.07. The smallest absolute Gasteiger partial charge is 0.135 e. The van der Waals surface area contributed by atoms with Crippen LogP contribution in [0.15, 0.2) is 45.8 Å². The summed E-state index contributed by atoms with van der Waals surface area (Å²) in [6.07, 6.45) is 5.82. The maximum atomic E-state index is 3.97. The van der Waals surface area contributed by atoms with Gasteiger partial charge in [0.1, 0.15) is 6.04 Å². The summed E-state index contributed by atoms with van der Waals surface area (Å²) in [5, 5.41) is 11.3. The van der Waals surface area contributed by atoms with Crippen LogP contribution in [0.1, 0.15) is 24.1 Å². The normalized spacial score (nSPS) is 19.6. The Morgan fingerprint density at radius 3 is 2.57 bits per heavy atom. The number of nitrogens with zero attached hydrogens (tertiary/aromatic N) is 3. The van der Waals surface area contributed by atoms with Crippen LogP contribution in [0.25, 0.3) is 6.08 Å². The molecule has 1 aliphatic heterocycles. The van der Waals surface area contributed by atoms with Crippen LogP contribution in [0.2, 0.25) is 0 Å². The Hall–Kier alpha value is -1.77. The SMILES string of the molecule is C/C=C/c1ccc(C2C=NN=N2)cc1. The molecule has 1 aromatic carbocycles. The second kappa shape index (κ2) is 3.96. The molecule has 3 heteroatoms. The fraction of sp³-hybridized carbons (Fsp3) is 0.182. The number of benzene rings is 1. The second-order valence-corrected chi connectivity index (χ2v) is 3.08. The largest absolute Gasteiger partial charge is 0.155 e. The molecule has 0 bridgehead atoms. The fourth-order valence-corrected chi connectivity index (χ4v) is 1.36. The highest BCUT2D eigenvalue weighted by Crippen LogP contribution is 2.20. The molecule has 1 heterocycles. The van der Waals surface area contributed by atoms with Gasteiger partial charge in [0.25, 0.3) is 0 Å². The minimum Gasteiger partial charge on any atom is -0.155 e. The summed E-state index contributed by atoms with van der Waals surface area (Å²) in [4.78, 5) is 0. The van der Waals surface area contributed by atoms with E-state index in [1.54, 1.807) is 6.21 Å². The highest BCUT2D eigenvalue weighted by molar-refractivity contribution is 5.68. The summed E-state index contributed by atoms with van der Waals surface area (Å²) in [6, 6.07) is 8.25. The lowest BCUT2D eigenvalue weighted by Gasteiger charge is -2.02. The van der Waals surface area contributed by atoms with Crippen LogP contribution in [0.5, 0.6) is 0 Å². The van der Waals surface area contributed by atoms with E-state index >= 15 is 0 Å². The van der Waals surface area contributed by atoms with Crippen molar-refractivity contribution in [3.8, 4) is 0 Å². The van der Waals surface area contributed by atoms with E-state index in [4.69, 9.17) is 0 Å². The van der Waals surface area contributed by atoms with Crippen molar-refractivity contribution in [3.63, 3.8) is 0 Å². The van der Waals surface area contributed by atoms with Gasteiger partial charge in [-0.05, 0) is 23.3 Å². The Balaban J connectivity index is 2.21. The molecule has 14 heavy (non-hydrogen) atoms. The van der Waals surface area contributed by atoms with Crippen molar-refractivity contribution in [3.05, 3.63) is 41.5 Å². The molecule has 1 aromatic rings. The van der Waals surface area contributed by atoms with E-state index in [9.17, 15) is 0 Å². The molecule has 0 aromatic heterocycles. The molecule has 1 atom stereocenters. The number of hydrogen-bond acceptors (Lipinski definition) is 3. The van der Waals surface area contributed by atoms with Crippen LogP contribution in [-0.2, 0) is 0 Å². The lowest BCUT2D eigenvalue weighted by atomic mass is 10.1. The Morgan fingerprint density at radius 2 is 2.00 bits per heavy atom. The van der Waals surface area contributed by atoms with Gasteiger partial charge in [0.2, 0.25) is 0 Å². The van der Waals surface area contributed by atoms with Gasteiger partial charge in [-0.3, -0.25) is 0 Å². The summed E-state index contributed by atoms with van der Waals surface area (Å²) in [6.45, 7) is 2.01. The molecule has 0 radical (unpaired) electrons. The van der Waals surface area contributed by atoms with Crippen LogP contribution in [0.4, 0.5) is 0 Å². The molecule has 0 amide bonds. The molecule has 0 aliphatic carbocycles. The van der Waals surface area contributed by atoms with E-state index in [0.29, 0.717) is 0 Å². The second-order valence-electron chi connectivity index (χ2n) is 3.08. The molecule has 0 saturated heterocycles. The zero-order valence-corrected chi connectivity index (χ0v) is 7.96. The van der Waals surface area contributed by atoms with Crippen molar-refractivity contribution >= 4 is 12.3 Å². The van der Waals surface area contributed by atoms with Crippen LogP contribution >= 0.6 is 0 Å². The topological polar surface area (TPSA) is 37.1 Å². The Labute approximate surface area is 82.9 Å². The summed E-state index contributed by atoms with van der Waals surface area (Å²) in [7, 11) is 0. The van der Waals surface area contributed by atoms with E-state index in [1.807, 2.05) is 13.0 Å². The lowest BCUT2D eigenvalue weighted by molar-refractivity contribution is 0.907. The molecular formula is C11H11N3. The average molecular weight is 185 g/mol. The summed E-state index contributed by atoms with van der Waals surface area (Å²) in [5.74, 6) is 0. The first-order valence-electron chi connectivity index (χ1n) is 4.56. The van der Waals surface area contributed by atoms with Crippen LogP contribution in [-0.4, -0.2) is 6.21 Å². The molecule has 1 aliphatic rings. The molecular weight excluding hydrogens is 174 g/mol. The van der Waals surface area contributed by atoms with Crippen molar-refractivity contribution in [2.24, 2.45) is 15.4 Å². The van der Waals surface area contributed by atoms with E-state index in [2.05, 4.69) is 45.8 Å². The zero-order valence-electron chi connectivity index (χ0n) is 7.96. The average Bonchev–Trinajstić information content (AvgIpc) is 2.72. The van der Waals surface area contributed by atoms with Gasteiger partial charge in [0, 0.05) is 0 Å². The van der Waals surface area contributed by atoms with Gasteiger partial charge in [-0.15, -0.1) is 5.10 Å². The quantitative estimate of drug-likeness (QED) is 0.678. The first-order chi connectivity index (χ1) is 6.90. The van der Waals surface area contributed by atoms with Gasteiger partial charge in [0.05, 0.1) is 6.21 Å². The standard InChI is InChI=1S/C11H11N3/c1-2-3-9-4-6-10(7-5-9)11-8-12-14-13-11/h2-8,11H,1H3/b3-2+. The third-order valence-electron chi connectivity index (χ3n) is 2.07. The van der Waals surface area contributed by atoms with Crippen LogP contribution in [0.3, 0.4) is 0 Å². The molecule has 2 rings (SSSR count). The number of hydrogen-bond donors (Lipinski definition) is 0. The van der Waals surface area contributed by atoms with E-state index in [-0.39, 0.29) is 6.04 Å². The van der Waals surface area contributed by atoms with Gasteiger partial charge in [0.15, 0.2) is 0 Å². The molecule has 0 N–H and O–H groups in total. The first-order valence-corrected chi connectivity index (χ1v) is 4.56. The van der Waals surface area contributed by atoms with E-state index in [1.165, 1.54) is 5.56 Å². The monoisotopic (exact) mass is 185 g/mol. The predicted octanol–water partition coefficient (Wildman–Crippen LogP) is 3.21. The molecule has 0 fully saturated rings. The highest BCUT2D eigenvalue weighted by atomic mass is 15.4. The van der Waals surface area contributed by atoms with Gasteiger partial charge in [-0.1, -0.05) is 36.4 Å². The highest BCUT2D eigenvalue weighted by Gasteiger charge is 2.09. The van der Waals surface area contributed by atoms with E-state index in [0.717, 1.165) is 5.56 Å². The van der Waals surface area contributed by atoms with Crippen molar-refractivity contribution < 1.29 is 0 Å². The molecule has 1 unspecified atom stereocenters. The fourth-order valence-electron chi connectivity index (χ4n) is 1.36. The molecule has 70 valence electrons. The van der Waals surface area contributed by atoms with Crippen molar-refractivity contribution in [1.82, 2.24) is 0 Å².